The van der Waals surface area contributed by atoms with Crippen LogP contribution in [0.4, 0.5) is 27.5 Å². The molecule has 0 fully saturated rings. The van der Waals surface area contributed by atoms with Gasteiger partial charge in [0.2, 0.25) is 5.95 Å². The van der Waals surface area contributed by atoms with Crippen LogP contribution in [-0.2, 0) is 4.74 Å². The highest BCUT2D eigenvalue weighted by Crippen LogP contribution is 2.20. The highest BCUT2D eigenvalue weighted by molar-refractivity contribution is 5.90. The zero-order valence-electron chi connectivity index (χ0n) is 14.3. The standard InChI is InChI=1S/C19H17FN4O2/c1-12-10-17(22-16-5-3-4-13(11-16)18(25)26-2)24-19(21-12)23-15-8-6-14(20)7-9-15/h3-11H,1-2H3,(H2,21,22,23,24). The summed E-state index contributed by atoms with van der Waals surface area (Å²) in [6, 6.07) is 14.6. The number of carbonyl (C=O) groups is 1. The Kier molecular flexibility index (Phi) is 5.07. The first-order valence-corrected chi connectivity index (χ1v) is 7.87. The lowest BCUT2D eigenvalue weighted by Gasteiger charge is -2.10. The smallest absolute Gasteiger partial charge is 0.337 e. The van der Waals surface area contributed by atoms with Crippen molar-refractivity contribution < 1.29 is 13.9 Å². The number of rotatable bonds is 5. The number of aryl methyl sites for hydroxylation is 1. The molecular formula is C19H17FN4O2. The minimum atomic E-state index is -0.411. The van der Waals surface area contributed by atoms with Gasteiger partial charge in [0, 0.05) is 23.1 Å². The molecule has 132 valence electrons. The van der Waals surface area contributed by atoms with Gasteiger partial charge in [0.15, 0.2) is 0 Å². The van der Waals surface area contributed by atoms with Crippen LogP contribution in [-0.4, -0.2) is 23.0 Å². The molecule has 0 amide bonds. The van der Waals surface area contributed by atoms with Crippen LogP contribution in [0.1, 0.15) is 16.1 Å². The van der Waals surface area contributed by atoms with E-state index >= 15 is 0 Å². The summed E-state index contributed by atoms with van der Waals surface area (Å²) in [5, 5.41) is 6.17. The van der Waals surface area contributed by atoms with Crippen LogP contribution in [0, 0.1) is 12.7 Å². The van der Waals surface area contributed by atoms with Gasteiger partial charge in [-0.15, -0.1) is 0 Å². The van der Waals surface area contributed by atoms with Gasteiger partial charge in [0.1, 0.15) is 11.6 Å². The summed E-state index contributed by atoms with van der Waals surface area (Å²) in [6.07, 6.45) is 0. The van der Waals surface area contributed by atoms with E-state index in [2.05, 4.69) is 20.6 Å². The molecule has 0 aliphatic heterocycles. The topological polar surface area (TPSA) is 76.1 Å². The van der Waals surface area contributed by atoms with Gasteiger partial charge < -0.3 is 15.4 Å². The van der Waals surface area contributed by atoms with Crippen LogP contribution in [0.2, 0.25) is 0 Å². The quantitative estimate of drug-likeness (QED) is 0.670. The molecule has 7 heteroatoms. The SMILES string of the molecule is COC(=O)c1cccc(Nc2cc(C)nc(Nc3ccc(F)cc3)n2)c1. The largest absolute Gasteiger partial charge is 0.465 e. The maximum absolute atomic E-state index is 13.0. The van der Waals surface area contributed by atoms with Crippen LogP contribution in [0.25, 0.3) is 0 Å². The molecule has 0 radical (unpaired) electrons. The number of nitrogens with zero attached hydrogens (tertiary/aromatic N) is 2. The average molecular weight is 352 g/mol. The first-order chi connectivity index (χ1) is 12.5. The number of halogens is 1. The number of anilines is 4. The highest BCUT2D eigenvalue weighted by atomic mass is 19.1. The van der Waals surface area contributed by atoms with Crippen molar-refractivity contribution in [1.82, 2.24) is 9.97 Å². The van der Waals surface area contributed by atoms with E-state index in [1.165, 1.54) is 19.2 Å². The fourth-order valence-electron chi connectivity index (χ4n) is 2.34. The lowest BCUT2D eigenvalue weighted by Crippen LogP contribution is -2.04. The van der Waals surface area contributed by atoms with Crippen LogP contribution < -0.4 is 10.6 Å². The molecule has 0 atom stereocenters. The Morgan fingerprint density at radius 3 is 2.50 bits per heavy atom. The van der Waals surface area contributed by atoms with Crippen molar-refractivity contribution in [3.05, 3.63) is 71.7 Å². The van der Waals surface area contributed by atoms with E-state index < -0.39 is 5.97 Å². The molecule has 3 rings (SSSR count). The van der Waals surface area contributed by atoms with Gasteiger partial charge in [-0.05, 0) is 49.4 Å². The van der Waals surface area contributed by atoms with Crippen LogP contribution in [0.5, 0.6) is 0 Å². The Morgan fingerprint density at radius 2 is 1.77 bits per heavy atom. The second kappa shape index (κ2) is 7.60. The molecular weight excluding hydrogens is 335 g/mol. The van der Waals surface area contributed by atoms with Gasteiger partial charge >= 0.3 is 5.97 Å². The fourth-order valence-corrected chi connectivity index (χ4v) is 2.34. The van der Waals surface area contributed by atoms with Crippen molar-refractivity contribution in [2.24, 2.45) is 0 Å². The number of methoxy groups -OCH3 is 1. The summed E-state index contributed by atoms with van der Waals surface area (Å²) in [7, 11) is 1.34. The molecule has 26 heavy (non-hydrogen) atoms. The number of hydrogen-bond donors (Lipinski definition) is 2. The number of hydrogen-bond acceptors (Lipinski definition) is 6. The molecule has 0 spiro atoms. The number of aromatic nitrogens is 2. The minimum absolute atomic E-state index is 0.312. The second-order valence-electron chi connectivity index (χ2n) is 5.55. The van der Waals surface area contributed by atoms with Crippen molar-refractivity contribution in [1.29, 1.82) is 0 Å². The number of benzene rings is 2. The van der Waals surface area contributed by atoms with Crippen LogP contribution >= 0.6 is 0 Å². The lowest BCUT2D eigenvalue weighted by atomic mass is 10.2. The second-order valence-corrected chi connectivity index (χ2v) is 5.55. The summed E-state index contributed by atoms with van der Waals surface area (Å²) >= 11 is 0. The van der Waals surface area contributed by atoms with Gasteiger partial charge in [-0.1, -0.05) is 6.07 Å². The van der Waals surface area contributed by atoms with E-state index in [4.69, 9.17) is 4.74 Å². The van der Waals surface area contributed by atoms with E-state index in [0.717, 1.165) is 5.69 Å². The normalized spacial score (nSPS) is 10.3. The van der Waals surface area contributed by atoms with E-state index in [1.807, 2.05) is 13.0 Å². The van der Waals surface area contributed by atoms with E-state index in [-0.39, 0.29) is 5.82 Å². The van der Waals surface area contributed by atoms with E-state index in [0.29, 0.717) is 28.7 Å². The molecule has 0 bridgehead atoms. The Hall–Kier alpha value is -3.48. The first kappa shape index (κ1) is 17.3. The summed E-state index contributed by atoms with van der Waals surface area (Å²) in [5.41, 5.74) is 2.55. The molecule has 0 saturated heterocycles. The third-order valence-electron chi connectivity index (χ3n) is 3.51. The monoisotopic (exact) mass is 352 g/mol. The van der Waals surface area contributed by atoms with E-state index in [9.17, 15) is 9.18 Å². The zero-order chi connectivity index (χ0) is 18.5. The number of ether oxygens (including phenoxy) is 1. The lowest BCUT2D eigenvalue weighted by molar-refractivity contribution is 0.0601. The van der Waals surface area contributed by atoms with Crippen molar-refractivity contribution in [3.8, 4) is 0 Å². The summed E-state index contributed by atoms with van der Waals surface area (Å²) < 4.78 is 17.7. The molecule has 2 N–H and O–H groups in total. The molecule has 1 aromatic heterocycles. The highest BCUT2D eigenvalue weighted by Gasteiger charge is 2.08. The van der Waals surface area contributed by atoms with Crippen molar-refractivity contribution >= 4 is 29.1 Å². The van der Waals surface area contributed by atoms with Crippen LogP contribution in [0.15, 0.2) is 54.6 Å². The Labute approximate surface area is 150 Å². The molecule has 6 nitrogen and oxygen atoms in total. The van der Waals surface area contributed by atoms with Gasteiger partial charge in [-0.25, -0.2) is 14.2 Å². The predicted octanol–water partition coefficient (Wildman–Crippen LogP) is 4.20. The maximum atomic E-state index is 13.0. The van der Waals surface area contributed by atoms with Gasteiger partial charge in [0.25, 0.3) is 0 Å². The van der Waals surface area contributed by atoms with E-state index in [1.54, 1.807) is 36.4 Å². The van der Waals surface area contributed by atoms with Crippen LogP contribution in [0.3, 0.4) is 0 Å². The fraction of sp³-hybridized carbons (Fsp3) is 0.105. The van der Waals surface area contributed by atoms with Gasteiger partial charge in [0.05, 0.1) is 12.7 Å². The first-order valence-electron chi connectivity index (χ1n) is 7.87. The zero-order valence-corrected chi connectivity index (χ0v) is 14.3. The molecule has 0 aliphatic carbocycles. The minimum Gasteiger partial charge on any atom is -0.465 e. The number of carbonyl (C=O) groups excluding carboxylic acids is 1. The third-order valence-corrected chi connectivity index (χ3v) is 3.51. The van der Waals surface area contributed by atoms with Gasteiger partial charge in [-0.2, -0.15) is 4.98 Å². The summed E-state index contributed by atoms with van der Waals surface area (Å²) in [5.74, 6) is 0.215. The number of esters is 1. The summed E-state index contributed by atoms with van der Waals surface area (Å²) in [6.45, 7) is 1.84. The van der Waals surface area contributed by atoms with Crippen molar-refractivity contribution in [2.45, 2.75) is 6.92 Å². The van der Waals surface area contributed by atoms with Crippen molar-refractivity contribution in [3.63, 3.8) is 0 Å². The predicted molar refractivity (Wildman–Crippen MR) is 97.5 cm³/mol. The third kappa shape index (κ3) is 4.32. The Balaban J connectivity index is 1.81. The average Bonchev–Trinajstić information content (AvgIpc) is 2.63. The Bertz CT molecular complexity index is 929. The molecule has 0 unspecified atom stereocenters. The molecule has 0 saturated carbocycles. The number of nitrogens with one attached hydrogen (secondary N) is 2. The molecule has 3 aromatic rings. The molecule has 2 aromatic carbocycles. The summed E-state index contributed by atoms with van der Waals surface area (Å²) in [4.78, 5) is 20.4. The van der Waals surface area contributed by atoms with Crippen molar-refractivity contribution in [2.75, 3.05) is 17.7 Å². The Morgan fingerprint density at radius 1 is 1.00 bits per heavy atom. The molecule has 0 aliphatic rings. The maximum Gasteiger partial charge on any atom is 0.337 e. The molecule has 1 heterocycles. The van der Waals surface area contributed by atoms with Gasteiger partial charge in [-0.3, -0.25) is 0 Å².